The summed E-state index contributed by atoms with van der Waals surface area (Å²) in [7, 11) is 1.52. The van der Waals surface area contributed by atoms with Gasteiger partial charge in [0.25, 0.3) is 5.56 Å². The second-order valence-electron chi connectivity index (χ2n) is 9.36. The van der Waals surface area contributed by atoms with Crippen molar-refractivity contribution in [3.63, 3.8) is 0 Å². The molecule has 0 radical (unpaired) electrons. The van der Waals surface area contributed by atoms with Crippen LogP contribution in [0, 0.1) is 0 Å². The number of hydrogen-bond donors (Lipinski definition) is 3. The lowest BCUT2D eigenvalue weighted by Crippen LogP contribution is -2.43. The molecule has 1 aliphatic rings. The van der Waals surface area contributed by atoms with Gasteiger partial charge in [0.05, 0.1) is 24.1 Å². The van der Waals surface area contributed by atoms with Crippen molar-refractivity contribution in [2.75, 3.05) is 49.3 Å². The van der Waals surface area contributed by atoms with Gasteiger partial charge < -0.3 is 25.6 Å². The zero-order valence-electron chi connectivity index (χ0n) is 21.8. The Kier molecular flexibility index (Phi) is 8.93. The summed E-state index contributed by atoms with van der Waals surface area (Å²) in [5, 5.41) is 8.47. The van der Waals surface area contributed by atoms with E-state index in [9.17, 15) is 19.2 Å². The molecule has 1 aromatic heterocycles. The maximum atomic E-state index is 13.3. The number of carbonyl (C=O) groups is 2. The SMILES string of the molecule is COCCn1c(=O)c2cc(NC(=O)Nc3cccc(NC(C)=O)c3)ccc2n(CCN2CCCCC2)c1=O. The Balaban J connectivity index is 1.59. The summed E-state index contributed by atoms with van der Waals surface area (Å²) >= 11 is 0. The molecule has 11 nitrogen and oxygen atoms in total. The van der Waals surface area contributed by atoms with E-state index in [2.05, 4.69) is 20.9 Å². The van der Waals surface area contributed by atoms with Crippen molar-refractivity contribution < 1.29 is 14.3 Å². The minimum absolute atomic E-state index is 0.136. The zero-order valence-corrected chi connectivity index (χ0v) is 21.8. The van der Waals surface area contributed by atoms with Crippen LogP contribution in [0.4, 0.5) is 21.9 Å². The summed E-state index contributed by atoms with van der Waals surface area (Å²) < 4.78 is 7.95. The molecule has 202 valence electrons. The Hall–Kier alpha value is -3.96. The number of anilines is 3. The standard InChI is InChI=1S/C27H34N6O5/c1-19(34)28-20-7-6-8-21(17-20)29-26(36)30-22-9-10-24-23(18-22)25(35)33(15-16-38-2)27(37)32(24)14-13-31-11-4-3-5-12-31/h6-10,17-18H,3-5,11-16H2,1-2H3,(H,28,34)(H2,29,30,36). The number of nitrogens with zero attached hydrogens (tertiary/aromatic N) is 3. The van der Waals surface area contributed by atoms with E-state index in [-0.39, 0.29) is 24.7 Å². The van der Waals surface area contributed by atoms with Gasteiger partial charge in [-0.2, -0.15) is 0 Å². The van der Waals surface area contributed by atoms with Crippen LogP contribution in [-0.2, 0) is 22.6 Å². The Morgan fingerprint density at radius 2 is 1.53 bits per heavy atom. The molecule has 1 aliphatic heterocycles. The normalized spacial score (nSPS) is 13.8. The molecule has 0 atom stereocenters. The Morgan fingerprint density at radius 3 is 2.21 bits per heavy atom. The number of amides is 3. The molecule has 0 saturated carbocycles. The number of ether oxygens (including phenoxy) is 1. The van der Waals surface area contributed by atoms with Gasteiger partial charge in [0, 0.05) is 44.2 Å². The van der Waals surface area contributed by atoms with Crippen LogP contribution in [0.2, 0.25) is 0 Å². The maximum absolute atomic E-state index is 13.3. The van der Waals surface area contributed by atoms with E-state index in [1.54, 1.807) is 47.0 Å². The molecule has 4 rings (SSSR count). The molecule has 3 N–H and O–H groups in total. The van der Waals surface area contributed by atoms with Gasteiger partial charge in [0.15, 0.2) is 0 Å². The van der Waals surface area contributed by atoms with Gasteiger partial charge in [0.1, 0.15) is 0 Å². The van der Waals surface area contributed by atoms with Crippen molar-refractivity contribution in [2.45, 2.75) is 39.3 Å². The highest BCUT2D eigenvalue weighted by Gasteiger charge is 2.16. The fourth-order valence-electron chi connectivity index (χ4n) is 4.69. The van der Waals surface area contributed by atoms with Crippen molar-refractivity contribution in [2.24, 2.45) is 0 Å². The molecule has 11 heteroatoms. The van der Waals surface area contributed by atoms with Crippen LogP contribution >= 0.6 is 0 Å². The molecule has 0 bridgehead atoms. The molecule has 2 aromatic carbocycles. The molecular formula is C27H34N6O5. The fraction of sp³-hybridized carbons (Fsp3) is 0.407. The number of rotatable bonds is 9. The first-order valence-corrected chi connectivity index (χ1v) is 12.8. The number of urea groups is 1. The van der Waals surface area contributed by atoms with E-state index < -0.39 is 11.6 Å². The average molecular weight is 523 g/mol. The van der Waals surface area contributed by atoms with Crippen LogP contribution in [0.15, 0.2) is 52.1 Å². The average Bonchev–Trinajstić information content (AvgIpc) is 2.89. The minimum atomic E-state index is -0.512. The third kappa shape index (κ3) is 6.67. The van der Waals surface area contributed by atoms with Gasteiger partial charge in [-0.15, -0.1) is 0 Å². The Morgan fingerprint density at radius 1 is 0.842 bits per heavy atom. The Bertz CT molecular complexity index is 1420. The predicted molar refractivity (Wildman–Crippen MR) is 148 cm³/mol. The largest absolute Gasteiger partial charge is 0.383 e. The van der Waals surface area contributed by atoms with Crippen molar-refractivity contribution in [1.82, 2.24) is 14.0 Å². The summed E-state index contributed by atoms with van der Waals surface area (Å²) in [6, 6.07) is 11.2. The molecule has 38 heavy (non-hydrogen) atoms. The van der Waals surface area contributed by atoms with Crippen LogP contribution in [0.25, 0.3) is 10.9 Å². The lowest BCUT2D eigenvalue weighted by molar-refractivity contribution is -0.114. The topological polar surface area (TPSA) is 127 Å². The van der Waals surface area contributed by atoms with E-state index in [1.165, 1.54) is 25.0 Å². The third-order valence-corrected chi connectivity index (χ3v) is 6.53. The van der Waals surface area contributed by atoms with Crippen LogP contribution in [0.3, 0.4) is 0 Å². The van der Waals surface area contributed by atoms with Crippen molar-refractivity contribution in [1.29, 1.82) is 0 Å². The Labute approximate surface area is 220 Å². The van der Waals surface area contributed by atoms with Crippen LogP contribution < -0.4 is 27.2 Å². The first-order valence-electron chi connectivity index (χ1n) is 12.8. The monoisotopic (exact) mass is 522 g/mol. The zero-order chi connectivity index (χ0) is 27.1. The van der Waals surface area contributed by atoms with Crippen molar-refractivity contribution in [3.05, 3.63) is 63.3 Å². The van der Waals surface area contributed by atoms with E-state index in [0.29, 0.717) is 34.5 Å². The first kappa shape index (κ1) is 27.1. The molecule has 1 fully saturated rings. The lowest BCUT2D eigenvalue weighted by Gasteiger charge is -2.27. The van der Waals surface area contributed by atoms with Crippen LogP contribution in [0.1, 0.15) is 26.2 Å². The smallest absolute Gasteiger partial charge is 0.331 e. The quantitative estimate of drug-likeness (QED) is 0.397. The van der Waals surface area contributed by atoms with E-state index in [0.717, 1.165) is 32.5 Å². The van der Waals surface area contributed by atoms with Crippen LogP contribution in [-0.4, -0.2) is 59.3 Å². The number of likely N-dealkylation sites (tertiary alicyclic amines) is 1. The fourth-order valence-corrected chi connectivity index (χ4v) is 4.69. The van der Waals surface area contributed by atoms with Crippen molar-refractivity contribution in [3.8, 4) is 0 Å². The predicted octanol–water partition coefficient (Wildman–Crippen LogP) is 2.90. The van der Waals surface area contributed by atoms with Gasteiger partial charge in [-0.05, 0) is 62.3 Å². The van der Waals surface area contributed by atoms with Gasteiger partial charge >= 0.3 is 11.7 Å². The molecule has 1 saturated heterocycles. The lowest BCUT2D eigenvalue weighted by atomic mass is 10.1. The van der Waals surface area contributed by atoms with E-state index in [1.807, 2.05) is 0 Å². The summed E-state index contributed by atoms with van der Waals surface area (Å²) in [5.74, 6) is -0.215. The van der Waals surface area contributed by atoms with E-state index in [4.69, 9.17) is 4.74 Å². The summed E-state index contributed by atoms with van der Waals surface area (Å²) in [5.41, 5.74) is 1.19. The number of fused-ring (bicyclic) bond motifs is 1. The van der Waals surface area contributed by atoms with Gasteiger partial charge in [-0.3, -0.25) is 18.7 Å². The molecule has 3 aromatic rings. The first-order chi connectivity index (χ1) is 18.4. The molecule has 0 aliphatic carbocycles. The maximum Gasteiger partial charge on any atom is 0.331 e. The molecular weight excluding hydrogens is 488 g/mol. The highest BCUT2D eigenvalue weighted by molar-refractivity contribution is 6.01. The number of nitrogens with one attached hydrogen (secondary N) is 3. The van der Waals surface area contributed by atoms with Gasteiger partial charge in [-0.1, -0.05) is 12.5 Å². The van der Waals surface area contributed by atoms with Gasteiger partial charge in [-0.25, -0.2) is 9.59 Å². The number of piperidine rings is 1. The number of carbonyl (C=O) groups excluding carboxylic acids is 2. The second-order valence-corrected chi connectivity index (χ2v) is 9.36. The highest BCUT2D eigenvalue weighted by atomic mass is 16.5. The number of hydrogen-bond acceptors (Lipinski definition) is 6. The highest BCUT2D eigenvalue weighted by Crippen LogP contribution is 2.18. The summed E-state index contributed by atoms with van der Waals surface area (Å²) in [4.78, 5) is 52.9. The number of methoxy groups -OCH3 is 1. The number of aromatic nitrogens is 2. The van der Waals surface area contributed by atoms with E-state index >= 15 is 0 Å². The molecule has 0 unspecified atom stereocenters. The van der Waals surface area contributed by atoms with Crippen molar-refractivity contribution >= 4 is 39.9 Å². The number of benzene rings is 2. The second kappa shape index (κ2) is 12.5. The van der Waals surface area contributed by atoms with Crippen LogP contribution in [0.5, 0.6) is 0 Å². The summed E-state index contributed by atoms with van der Waals surface area (Å²) in [6.07, 6.45) is 3.53. The van der Waals surface area contributed by atoms with Gasteiger partial charge in [0.2, 0.25) is 5.91 Å². The summed E-state index contributed by atoms with van der Waals surface area (Å²) in [6.45, 7) is 4.96. The third-order valence-electron chi connectivity index (χ3n) is 6.53. The molecule has 2 heterocycles. The molecule has 3 amide bonds. The molecule has 0 spiro atoms. The minimum Gasteiger partial charge on any atom is -0.383 e.